The zero-order valence-corrected chi connectivity index (χ0v) is 20.3. The van der Waals surface area contributed by atoms with Crippen LogP contribution in [0.2, 0.25) is 0 Å². The summed E-state index contributed by atoms with van der Waals surface area (Å²) < 4.78 is 19.5. The van der Waals surface area contributed by atoms with E-state index in [1.54, 1.807) is 12.5 Å². The van der Waals surface area contributed by atoms with Gasteiger partial charge in [0.2, 0.25) is 5.76 Å². The molecule has 0 saturated heterocycles. The Hall–Kier alpha value is -5.11. The molecule has 0 atom stereocenters. The van der Waals surface area contributed by atoms with Crippen molar-refractivity contribution in [2.45, 2.75) is 19.8 Å². The van der Waals surface area contributed by atoms with E-state index in [0.717, 1.165) is 33.5 Å². The number of hydrogen-bond acceptors (Lipinski definition) is 6. The molecule has 0 spiro atoms. The van der Waals surface area contributed by atoms with Crippen molar-refractivity contribution in [2.24, 2.45) is 0 Å². The number of para-hydroxylation sites is 1. The van der Waals surface area contributed by atoms with Gasteiger partial charge in [0, 0.05) is 29.7 Å². The summed E-state index contributed by atoms with van der Waals surface area (Å²) in [5.41, 5.74) is 4.07. The van der Waals surface area contributed by atoms with Gasteiger partial charge in [0.25, 0.3) is 0 Å². The number of nitrogens with zero attached hydrogens (tertiary/aromatic N) is 3. The van der Waals surface area contributed by atoms with Crippen LogP contribution in [0.3, 0.4) is 0 Å². The number of carboxylic acid groups (broad SMARTS) is 1. The van der Waals surface area contributed by atoms with Gasteiger partial charge < -0.3 is 23.6 Å². The van der Waals surface area contributed by atoms with Gasteiger partial charge in [-0.25, -0.2) is 14.8 Å². The second-order valence-electron chi connectivity index (χ2n) is 8.88. The third kappa shape index (κ3) is 5.05. The lowest BCUT2D eigenvalue weighted by molar-refractivity contribution is 0.0664. The van der Waals surface area contributed by atoms with E-state index in [1.807, 2.05) is 83.6 Å². The Bertz CT molecular complexity index is 1720. The molecule has 3 aromatic heterocycles. The van der Waals surface area contributed by atoms with Crippen molar-refractivity contribution >= 4 is 27.8 Å². The highest BCUT2D eigenvalue weighted by molar-refractivity contribution is 5.93. The number of imidazole rings is 1. The quantitative estimate of drug-likeness (QED) is 0.254. The van der Waals surface area contributed by atoms with Crippen molar-refractivity contribution < 1.29 is 23.8 Å². The number of fused-ring (bicyclic) bond motifs is 2. The van der Waals surface area contributed by atoms with E-state index in [1.165, 1.54) is 6.07 Å². The van der Waals surface area contributed by atoms with Crippen LogP contribution in [0.5, 0.6) is 11.5 Å². The highest BCUT2D eigenvalue weighted by Gasteiger charge is 2.16. The van der Waals surface area contributed by atoms with E-state index >= 15 is 0 Å². The van der Waals surface area contributed by atoms with Crippen molar-refractivity contribution in [1.29, 1.82) is 0 Å². The second kappa shape index (κ2) is 10.1. The van der Waals surface area contributed by atoms with Crippen molar-refractivity contribution in [3.63, 3.8) is 0 Å². The lowest BCUT2D eigenvalue weighted by Gasteiger charge is -2.11. The van der Waals surface area contributed by atoms with Crippen LogP contribution in [0.25, 0.3) is 21.9 Å². The molecule has 6 aromatic rings. The fourth-order valence-corrected chi connectivity index (χ4v) is 4.26. The number of carbonyl (C=O) groups is 1. The number of benzene rings is 3. The van der Waals surface area contributed by atoms with Crippen molar-refractivity contribution in [3.05, 3.63) is 120 Å². The zero-order chi connectivity index (χ0) is 25.9. The first kappa shape index (κ1) is 23.3. The van der Waals surface area contributed by atoms with Gasteiger partial charge in [-0.15, -0.1) is 0 Å². The molecular formula is C30H23N3O5. The van der Waals surface area contributed by atoms with Gasteiger partial charge in [-0.3, -0.25) is 0 Å². The molecule has 0 aliphatic heterocycles. The first-order valence-electron chi connectivity index (χ1n) is 12.1. The molecule has 3 aromatic carbocycles. The molecule has 8 heteroatoms. The Balaban J connectivity index is 1.15. The number of hydrogen-bond donors (Lipinski definition) is 1. The Morgan fingerprint density at radius 1 is 0.895 bits per heavy atom. The van der Waals surface area contributed by atoms with E-state index in [9.17, 15) is 9.90 Å². The molecule has 0 radical (unpaired) electrons. The average Bonchev–Trinajstić information content (AvgIpc) is 3.61. The first-order valence-corrected chi connectivity index (χ1v) is 12.1. The Morgan fingerprint density at radius 2 is 1.76 bits per heavy atom. The maximum atomic E-state index is 11.5. The van der Waals surface area contributed by atoms with Crippen LogP contribution in [0.15, 0.2) is 102 Å². The van der Waals surface area contributed by atoms with Gasteiger partial charge >= 0.3 is 5.97 Å². The fourth-order valence-electron chi connectivity index (χ4n) is 4.26. The normalized spacial score (nSPS) is 11.2. The molecule has 6 rings (SSSR count). The largest absolute Gasteiger partial charge is 0.487 e. The molecule has 0 amide bonds. The summed E-state index contributed by atoms with van der Waals surface area (Å²) >= 11 is 0. The minimum atomic E-state index is -1.13. The summed E-state index contributed by atoms with van der Waals surface area (Å²) in [5.74, 6) is -0.0526. The van der Waals surface area contributed by atoms with E-state index in [4.69, 9.17) is 13.9 Å². The lowest BCUT2D eigenvalue weighted by atomic mass is 10.1. The molecule has 0 bridgehead atoms. The molecule has 8 nitrogen and oxygen atoms in total. The van der Waals surface area contributed by atoms with Crippen LogP contribution in [0.4, 0.5) is 0 Å². The topological polar surface area (TPSA) is 99.6 Å². The zero-order valence-electron chi connectivity index (χ0n) is 20.3. The van der Waals surface area contributed by atoms with Crippen LogP contribution in [-0.2, 0) is 19.8 Å². The molecule has 1 N–H and O–H groups in total. The summed E-state index contributed by atoms with van der Waals surface area (Å²) in [4.78, 5) is 20.2. The van der Waals surface area contributed by atoms with E-state index in [-0.39, 0.29) is 12.4 Å². The number of carboxylic acids is 1. The summed E-state index contributed by atoms with van der Waals surface area (Å²) in [5, 5.41) is 11.2. The summed E-state index contributed by atoms with van der Waals surface area (Å²) in [6.07, 6.45) is 5.30. The third-order valence-corrected chi connectivity index (χ3v) is 6.14. The highest BCUT2D eigenvalue weighted by Crippen LogP contribution is 2.32. The van der Waals surface area contributed by atoms with Crippen LogP contribution < -0.4 is 9.47 Å². The summed E-state index contributed by atoms with van der Waals surface area (Å²) in [6, 6.07) is 24.9. The molecule has 38 heavy (non-hydrogen) atoms. The van der Waals surface area contributed by atoms with E-state index in [2.05, 4.69) is 9.97 Å². The van der Waals surface area contributed by atoms with Gasteiger partial charge in [-0.1, -0.05) is 36.4 Å². The second-order valence-corrected chi connectivity index (χ2v) is 8.88. The van der Waals surface area contributed by atoms with Crippen LogP contribution in [-0.4, -0.2) is 25.6 Å². The number of aromatic nitrogens is 3. The highest BCUT2D eigenvalue weighted by atomic mass is 16.5. The monoisotopic (exact) mass is 505 g/mol. The molecule has 0 aliphatic carbocycles. The summed E-state index contributed by atoms with van der Waals surface area (Å²) in [6.45, 7) is 1.21. The molecule has 0 unspecified atom stereocenters. The Labute approximate surface area is 217 Å². The predicted molar refractivity (Wildman–Crippen MR) is 141 cm³/mol. The Kier molecular flexibility index (Phi) is 6.19. The number of pyridine rings is 1. The molecule has 3 heterocycles. The average molecular weight is 506 g/mol. The number of rotatable bonds is 9. The van der Waals surface area contributed by atoms with E-state index < -0.39 is 5.97 Å². The predicted octanol–water partition coefficient (Wildman–Crippen LogP) is 6.08. The van der Waals surface area contributed by atoms with Gasteiger partial charge in [0.05, 0.1) is 17.5 Å². The van der Waals surface area contributed by atoms with E-state index in [0.29, 0.717) is 29.9 Å². The van der Waals surface area contributed by atoms with Gasteiger partial charge in [0.15, 0.2) is 11.3 Å². The van der Waals surface area contributed by atoms with Crippen LogP contribution in [0.1, 0.15) is 27.4 Å². The van der Waals surface area contributed by atoms with Gasteiger partial charge in [-0.2, -0.15) is 0 Å². The fraction of sp³-hybridized carbons (Fsp3) is 0.100. The molecule has 0 saturated carbocycles. The maximum absolute atomic E-state index is 11.5. The van der Waals surface area contributed by atoms with Crippen LogP contribution in [0, 0.1) is 0 Å². The minimum Gasteiger partial charge on any atom is -0.487 e. The molecular weight excluding hydrogens is 482 g/mol. The lowest BCUT2D eigenvalue weighted by Crippen LogP contribution is -2.00. The molecule has 0 aliphatic rings. The maximum Gasteiger partial charge on any atom is 0.371 e. The molecule has 188 valence electrons. The molecule has 0 fully saturated rings. The van der Waals surface area contributed by atoms with Crippen LogP contribution >= 0.6 is 0 Å². The van der Waals surface area contributed by atoms with Crippen molar-refractivity contribution in [2.75, 3.05) is 0 Å². The number of ether oxygens (including phenoxy) is 2. The summed E-state index contributed by atoms with van der Waals surface area (Å²) in [7, 11) is 0. The standard InChI is InChI=1S/C30H23N3O5/c34-30(35)28-15-23-13-21(16-33-12-11-31-19-33)14-27(29(23)38-28)37-17-20-5-9-25(10-6-20)36-18-24-8-7-22-3-1-2-4-26(22)32-24/h1-15,19H,16-18H2,(H,34,35). The first-order chi connectivity index (χ1) is 18.6. The van der Waals surface area contributed by atoms with Crippen molar-refractivity contribution in [3.8, 4) is 11.5 Å². The number of aromatic carboxylic acids is 1. The Morgan fingerprint density at radius 3 is 2.58 bits per heavy atom. The third-order valence-electron chi connectivity index (χ3n) is 6.14. The smallest absolute Gasteiger partial charge is 0.371 e. The minimum absolute atomic E-state index is 0.132. The van der Waals surface area contributed by atoms with Crippen molar-refractivity contribution in [1.82, 2.24) is 14.5 Å². The SMILES string of the molecule is O=C(O)c1cc2cc(Cn3ccnc3)cc(OCc3ccc(OCc4ccc5ccccc5n4)cc3)c2o1. The van der Waals surface area contributed by atoms with Gasteiger partial charge in [-0.05, 0) is 53.6 Å². The number of furan rings is 1. The van der Waals surface area contributed by atoms with Gasteiger partial charge in [0.1, 0.15) is 19.0 Å².